The highest BCUT2D eigenvalue weighted by molar-refractivity contribution is 5.64. The second-order valence-electron chi connectivity index (χ2n) is 5.21. The van der Waals surface area contributed by atoms with Gasteiger partial charge in [0.15, 0.2) is 0 Å². The molecule has 1 N–H and O–H groups in total. The van der Waals surface area contributed by atoms with Crippen LogP contribution in [0.2, 0.25) is 0 Å². The lowest BCUT2D eigenvalue weighted by Crippen LogP contribution is -2.01. The monoisotopic (exact) mass is 273 g/mol. The molecule has 3 aromatic carbocycles. The molecule has 0 amide bonds. The van der Waals surface area contributed by atoms with Gasteiger partial charge in [-0.3, -0.25) is 0 Å². The van der Waals surface area contributed by atoms with Crippen molar-refractivity contribution in [1.29, 1.82) is 0 Å². The fourth-order valence-electron chi connectivity index (χ4n) is 2.59. The van der Waals surface area contributed by atoms with Crippen LogP contribution in [0.15, 0.2) is 84.9 Å². The van der Waals surface area contributed by atoms with Crippen molar-refractivity contribution in [2.24, 2.45) is 0 Å². The number of hydrogen-bond acceptors (Lipinski definition) is 1. The summed E-state index contributed by atoms with van der Waals surface area (Å²) in [5.41, 5.74) is 4.93. The lowest BCUT2D eigenvalue weighted by molar-refractivity contribution is 0.925. The Morgan fingerprint density at radius 1 is 0.667 bits per heavy atom. The van der Waals surface area contributed by atoms with Gasteiger partial charge in [-0.1, -0.05) is 73.7 Å². The van der Waals surface area contributed by atoms with Crippen molar-refractivity contribution in [3.05, 3.63) is 96.1 Å². The molecule has 0 bridgehead atoms. The minimum Gasteiger partial charge on any atom is -0.355 e. The maximum absolute atomic E-state index is 3.52. The van der Waals surface area contributed by atoms with Gasteiger partial charge in [-0.15, -0.1) is 0 Å². The van der Waals surface area contributed by atoms with Gasteiger partial charge in [0.25, 0.3) is 0 Å². The van der Waals surface area contributed by atoms with Crippen molar-refractivity contribution < 1.29 is 0 Å². The summed E-state index contributed by atoms with van der Waals surface area (Å²) in [7, 11) is 0. The molecule has 0 spiro atoms. The minimum atomic E-state index is 0.360. The van der Waals surface area contributed by atoms with Gasteiger partial charge in [0.1, 0.15) is 0 Å². The third-order valence-corrected chi connectivity index (χ3v) is 3.78. The molecule has 0 aliphatic carbocycles. The Hall–Kier alpha value is -2.54. The maximum atomic E-state index is 3.52. The highest BCUT2D eigenvalue weighted by Crippen LogP contribution is 2.31. The second kappa shape index (κ2) is 6.27. The van der Waals surface area contributed by atoms with Crippen molar-refractivity contribution >= 4 is 11.4 Å². The molecule has 0 fully saturated rings. The predicted molar refractivity (Wildman–Crippen MR) is 90.1 cm³/mol. The van der Waals surface area contributed by atoms with Gasteiger partial charge in [-0.05, 0) is 29.3 Å². The summed E-state index contributed by atoms with van der Waals surface area (Å²) in [5.74, 6) is 0.360. The predicted octanol–water partition coefficient (Wildman–Crippen LogP) is 5.58. The van der Waals surface area contributed by atoms with E-state index in [1.54, 1.807) is 0 Å². The van der Waals surface area contributed by atoms with E-state index in [-0.39, 0.29) is 0 Å². The van der Waals surface area contributed by atoms with Crippen LogP contribution in [-0.4, -0.2) is 0 Å². The number of hydrogen-bond donors (Lipinski definition) is 1. The summed E-state index contributed by atoms with van der Waals surface area (Å²) in [6.45, 7) is 2.25. The number of rotatable bonds is 4. The lowest BCUT2D eigenvalue weighted by Gasteiger charge is -2.18. The molecule has 1 atom stereocenters. The van der Waals surface area contributed by atoms with Crippen molar-refractivity contribution in [2.45, 2.75) is 12.8 Å². The SMILES string of the molecule is CC(c1ccccc1)c1ccccc1Nc1ccccc1. The van der Waals surface area contributed by atoms with Gasteiger partial charge in [0, 0.05) is 17.3 Å². The highest BCUT2D eigenvalue weighted by Gasteiger charge is 2.12. The Bertz CT molecular complexity index is 689. The Morgan fingerprint density at radius 3 is 1.95 bits per heavy atom. The van der Waals surface area contributed by atoms with Gasteiger partial charge in [-0.2, -0.15) is 0 Å². The van der Waals surface area contributed by atoms with Crippen LogP contribution in [0.25, 0.3) is 0 Å². The molecule has 0 aliphatic heterocycles. The second-order valence-corrected chi connectivity index (χ2v) is 5.21. The molecule has 1 nitrogen and oxygen atoms in total. The topological polar surface area (TPSA) is 12.0 Å². The summed E-state index contributed by atoms with van der Waals surface area (Å²) < 4.78 is 0. The van der Waals surface area contributed by atoms with Crippen molar-refractivity contribution in [2.75, 3.05) is 5.32 Å². The Labute approximate surface area is 126 Å². The first-order valence-corrected chi connectivity index (χ1v) is 7.30. The third-order valence-electron chi connectivity index (χ3n) is 3.78. The van der Waals surface area contributed by atoms with E-state index < -0.39 is 0 Å². The smallest absolute Gasteiger partial charge is 0.0422 e. The summed E-state index contributed by atoms with van der Waals surface area (Å²) in [4.78, 5) is 0. The van der Waals surface area contributed by atoms with Gasteiger partial charge >= 0.3 is 0 Å². The molecule has 1 unspecified atom stereocenters. The van der Waals surface area contributed by atoms with Gasteiger partial charge in [-0.25, -0.2) is 0 Å². The number of benzene rings is 3. The Balaban J connectivity index is 1.93. The first kappa shape index (κ1) is 13.4. The van der Waals surface area contributed by atoms with E-state index in [9.17, 15) is 0 Å². The van der Waals surface area contributed by atoms with Crippen LogP contribution in [0.3, 0.4) is 0 Å². The largest absolute Gasteiger partial charge is 0.355 e. The van der Waals surface area contributed by atoms with E-state index in [2.05, 4.69) is 79.0 Å². The zero-order valence-electron chi connectivity index (χ0n) is 12.2. The molecular weight excluding hydrogens is 254 g/mol. The number of anilines is 2. The Kier molecular flexibility index (Phi) is 4.02. The summed E-state index contributed by atoms with van der Waals surface area (Å²) in [6, 6.07) is 29.4. The molecule has 3 rings (SSSR count). The summed E-state index contributed by atoms with van der Waals surface area (Å²) >= 11 is 0. The normalized spacial score (nSPS) is 11.9. The van der Waals surface area contributed by atoms with E-state index in [0.29, 0.717) is 5.92 Å². The standard InChI is InChI=1S/C20H19N/c1-16(17-10-4-2-5-11-17)19-14-8-9-15-20(19)21-18-12-6-3-7-13-18/h2-16,21H,1H3. The van der Waals surface area contributed by atoms with Crippen molar-refractivity contribution in [3.8, 4) is 0 Å². The van der Waals surface area contributed by atoms with Crippen LogP contribution in [0.5, 0.6) is 0 Å². The van der Waals surface area contributed by atoms with Crippen LogP contribution < -0.4 is 5.32 Å². The molecule has 104 valence electrons. The number of para-hydroxylation sites is 2. The maximum Gasteiger partial charge on any atom is 0.0422 e. The zero-order valence-corrected chi connectivity index (χ0v) is 12.2. The molecule has 0 saturated carbocycles. The quantitative estimate of drug-likeness (QED) is 0.654. The molecule has 21 heavy (non-hydrogen) atoms. The molecular formula is C20H19N. The third kappa shape index (κ3) is 3.14. The fourth-order valence-corrected chi connectivity index (χ4v) is 2.59. The molecule has 0 aromatic heterocycles. The van der Waals surface area contributed by atoms with Gasteiger partial charge in [0.05, 0.1) is 0 Å². The Morgan fingerprint density at radius 2 is 1.24 bits per heavy atom. The summed E-state index contributed by atoms with van der Waals surface area (Å²) in [6.07, 6.45) is 0. The molecule has 0 aliphatic rings. The van der Waals surface area contributed by atoms with Crippen LogP contribution in [0.4, 0.5) is 11.4 Å². The molecule has 0 saturated heterocycles. The van der Waals surface area contributed by atoms with Crippen LogP contribution in [-0.2, 0) is 0 Å². The van der Waals surface area contributed by atoms with Crippen molar-refractivity contribution in [3.63, 3.8) is 0 Å². The minimum absolute atomic E-state index is 0.360. The van der Waals surface area contributed by atoms with E-state index in [1.165, 1.54) is 16.8 Å². The van der Waals surface area contributed by atoms with E-state index in [1.807, 2.05) is 18.2 Å². The van der Waals surface area contributed by atoms with Crippen LogP contribution >= 0.6 is 0 Å². The first-order chi connectivity index (χ1) is 10.3. The fraction of sp³-hybridized carbons (Fsp3) is 0.100. The average molecular weight is 273 g/mol. The van der Waals surface area contributed by atoms with E-state index in [4.69, 9.17) is 0 Å². The number of nitrogens with one attached hydrogen (secondary N) is 1. The van der Waals surface area contributed by atoms with E-state index >= 15 is 0 Å². The summed E-state index contributed by atoms with van der Waals surface area (Å²) in [5, 5.41) is 3.52. The van der Waals surface area contributed by atoms with E-state index in [0.717, 1.165) is 5.69 Å². The molecule has 3 aromatic rings. The highest BCUT2D eigenvalue weighted by atomic mass is 14.9. The van der Waals surface area contributed by atoms with Crippen molar-refractivity contribution in [1.82, 2.24) is 0 Å². The van der Waals surface area contributed by atoms with Crippen LogP contribution in [0, 0.1) is 0 Å². The lowest BCUT2D eigenvalue weighted by atomic mass is 9.92. The van der Waals surface area contributed by atoms with Crippen LogP contribution in [0.1, 0.15) is 24.0 Å². The van der Waals surface area contributed by atoms with Gasteiger partial charge < -0.3 is 5.32 Å². The molecule has 0 heterocycles. The first-order valence-electron chi connectivity index (χ1n) is 7.30. The molecule has 0 radical (unpaired) electrons. The average Bonchev–Trinajstić information content (AvgIpc) is 2.56. The zero-order chi connectivity index (χ0) is 14.5. The molecule has 1 heteroatoms. The van der Waals surface area contributed by atoms with Gasteiger partial charge in [0.2, 0.25) is 0 Å².